The lowest BCUT2D eigenvalue weighted by molar-refractivity contribution is -0.139. The van der Waals surface area contributed by atoms with Gasteiger partial charge < -0.3 is 14.7 Å². The second-order valence-corrected chi connectivity index (χ2v) is 5.44. The number of rotatable bonds is 4. The van der Waals surface area contributed by atoms with Crippen molar-refractivity contribution in [1.82, 2.24) is 9.97 Å². The van der Waals surface area contributed by atoms with E-state index in [0.717, 1.165) is 25.8 Å². The summed E-state index contributed by atoms with van der Waals surface area (Å²) in [6.45, 7) is 3.16. The Bertz CT molecular complexity index is 508. The van der Waals surface area contributed by atoms with E-state index in [0.29, 0.717) is 24.2 Å². The fourth-order valence-electron chi connectivity index (χ4n) is 3.55. The summed E-state index contributed by atoms with van der Waals surface area (Å²) in [5, 5.41) is 9.54. The van der Waals surface area contributed by atoms with E-state index in [9.17, 15) is 9.90 Å². The number of hydrogen-bond donors (Lipinski definition) is 1. The van der Waals surface area contributed by atoms with Crippen LogP contribution in [0.15, 0.2) is 12.4 Å². The highest BCUT2D eigenvalue weighted by atomic mass is 16.5. The molecule has 3 rings (SSSR count). The van der Waals surface area contributed by atoms with Crippen molar-refractivity contribution in [3.05, 3.63) is 12.4 Å². The normalized spacial score (nSPS) is 28.4. The van der Waals surface area contributed by atoms with Crippen molar-refractivity contribution < 1.29 is 14.6 Å². The van der Waals surface area contributed by atoms with Crippen LogP contribution in [-0.4, -0.2) is 40.2 Å². The van der Waals surface area contributed by atoms with Gasteiger partial charge in [-0.3, -0.25) is 4.98 Å². The van der Waals surface area contributed by atoms with E-state index >= 15 is 0 Å². The molecular formula is C14H19N3O3. The molecule has 0 radical (unpaired) electrons. The Hall–Kier alpha value is -1.85. The standard InChI is InChI=1S/C14H19N3O3/c1-2-20-12-7-15-6-11(16-12)17-8-9-4-3-5-10(9)13(17)14(18)19/h6-7,9-10,13H,2-5,8H2,1H3,(H,18,19). The molecule has 1 aliphatic heterocycles. The van der Waals surface area contributed by atoms with Crippen LogP contribution in [0.25, 0.3) is 0 Å². The van der Waals surface area contributed by atoms with E-state index in [1.165, 1.54) is 0 Å². The van der Waals surface area contributed by atoms with Crippen LogP contribution in [0.1, 0.15) is 26.2 Å². The molecule has 2 heterocycles. The van der Waals surface area contributed by atoms with Crippen molar-refractivity contribution in [3.8, 4) is 5.88 Å². The maximum atomic E-state index is 11.6. The molecule has 1 saturated carbocycles. The minimum atomic E-state index is -0.761. The molecule has 1 N–H and O–H groups in total. The van der Waals surface area contributed by atoms with Gasteiger partial charge in [-0.1, -0.05) is 6.42 Å². The van der Waals surface area contributed by atoms with Gasteiger partial charge in [0.15, 0.2) is 5.82 Å². The fraction of sp³-hybridized carbons (Fsp3) is 0.643. The second-order valence-electron chi connectivity index (χ2n) is 5.44. The number of aliphatic carboxylic acids is 1. The SMILES string of the molecule is CCOc1cncc(N2CC3CCCC3C2C(=O)O)n1. The number of ether oxygens (including phenoxy) is 1. The van der Waals surface area contributed by atoms with Crippen LogP contribution in [0.4, 0.5) is 5.82 Å². The monoisotopic (exact) mass is 277 g/mol. The summed E-state index contributed by atoms with van der Waals surface area (Å²) >= 11 is 0. The first kappa shape index (κ1) is 13.1. The molecule has 108 valence electrons. The average Bonchev–Trinajstić information content (AvgIpc) is 2.98. The van der Waals surface area contributed by atoms with Gasteiger partial charge in [0.25, 0.3) is 0 Å². The maximum Gasteiger partial charge on any atom is 0.326 e. The maximum absolute atomic E-state index is 11.6. The Morgan fingerprint density at radius 2 is 2.35 bits per heavy atom. The minimum Gasteiger partial charge on any atom is -0.480 e. The van der Waals surface area contributed by atoms with Crippen LogP contribution >= 0.6 is 0 Å². The van der Waals surface area contributed by atoms with E-state index in [2.05, 4.69) is 9.97 Å². The number of aromatic nitrogens is 2. The molecular weight excluding hydrogens is 258 g/mol. The van der Waals surface area contributed by atoms with E-state index in [1.54, 1.807) is 12.4 Å². The Morgan fingerprint density at radius 3 is 3.10 bits per heavy atom. The second kappa shape index (κ2) is 5.26. The number of carboxylic acids is 1. The Labute approximate surface area is 117 Å². The highest BCUT2D eigenvalue weighted by Gasteiger charge is 2.48. The number of carbonyl (C=O) groups is 1. The molecule has 6 heteroatoms. The van der Waals surface area contributed by atoms with Crippen molar-refractivity contribution >= 4 is 11.8 Å². The summed E-state index contributed by atoms with van der Waals surface area (Å²) in [5.74, 6) is 1.01. The first-order chi connectivity index (χ1) is 9.70. The van der Waals surface area contributed by atoms with Crippen molar-refractivity contribution in [2.45, 2.75) is 32.2 Å². The van der Waals surface area contributed by atoms with Gasteiger partial charge in [0.1, 0.15) is 6.04 Å². The van der Waals surface area contributed by atoms with Gasteiger partial charge in [0.2, 0.25) is 5.88 Å². The molecule has 1 aromatic rings. The quantitative estimate of drug-likeness (QED) is 0.900. The summed E-state index contributed by atoms with van der Waals surface area (Å²) in [6.07, 6.45) is 6.43. The summed E-state index contributed by atoms with van der Waals surface area (Å²) in [4.78, 5) is 22.0. The predicted molar refractivity (Wildman–Crippen MR) is 72.8 cm³/mol. The lowest BCUT2D eigenvalue weighted by Crippen LogP contribution is -2.40. The summed E-state index contributed by atoms with van der Waals surface area (Å²) < 4.78 is 5.35. The van der Waals surface area contributed by atoms with Crippen LogP contribution in [-0.2, 0) is 4.79 Å². The highest BCUT2D eigenvalue weighted by molar-refractivity contribution is 5.79. The van der Waals surface area contributed by atoms with Crippen LogP contribution in [0.2, 0.25) is 0 Å². The largest absolute Gasteiger partial charge is 0.480 e. The first-order valence-corrected chi connectivity index (χ1v) is 7.15. The van der Waals surface area contributed by atoms with E-state index < -0.39 is 12.0 Å². The molecule has 1 aliphatic carbocycles. The third-order valence-corrected chi connectivity index (χ3v) is 4.33. The molecule has 3 unspecified atom stereocenters. The molecule has 1 aromatic heterocycles. The zero-order valence-electron chi connectivity index (χ0n) is 11.5. The fourth-order valence-corrected chi connectivity index (χ4v) is 3.55. The molecule has 20 heavy (non-hydrogen) atoms. The van der Waals surface area contributed by atoms with Gasteiger partial charge >= 0.3 is 5.97 Å². The number of nitrogens with zero attached hydrogens (tertiary/aromatic N) is 3. The van der Waals surface area contributed by atoms with Crippen LogP contribution < -0.4 is 9.64 Å². The number of hydrogen-bond acceptors (Lipinski definition) is 5. The molecule has 0 amide bonds. The first-order valence-electron chi connectivity index (χ1n) is 7.15. The third kappa shape index (κ3) is 2.19. The third-order valence-electron chi connectivity index (χ3n) is 4.33. The molecule has 3 atom stereocenters. The molecule has 0 bridgehead atoms. The summed E-state index contributed by atoms with van der Waals surface area (Å²) in [5.41, 5.74) is 0. The van der Waals surface area contributed by atoms with Gasteiger partial charge in [-0.15, -0.1) is 0 Å². The topological polar surface area (TPSA) is 75.5 Å². The molecule has 1 saturated heterocycles. The summed E-state index contributed by atoms with van der Waals surface area (Å²) in [7, 11) is 0. The molecule has 2 aliphatic rings. The average molecular weight is 277 g/mol. The van der Waals surface area contributed by atoms with Crippen molar-refractivity contribution in [2.75, 3.05) is 18.1 Å². The number of fused-ring (bicyclic) bond motifs is 1. The molecule has 0 aromatic carbocycles. The van der Waals surface area contributed by atoms with Crippen LogP contribution in [0.5, 0.6) is 5.88 Å². The number of anilines is 1. The minimum absolute atomic E-state index is 0.241. The Kier molecular flexibility index (Phi) is 3.46. The van der Waals surface area contributed by atoms with E-state index in [4.69, 9.17) is 4.74 Å². The number of carboxylic acid groups (broad SMARTS) is 1. The van der Waals surface area contributed by atoms with Gasteiger partial charge in [-0.2, -0.15) is 4.98 Å². The highest BCUT2D eigenvalue weighted by Crippen LogP contribution is 2.43. The predicted octanol–water partition coefficient (Wildman–Crippen LogP) is 1.56. The van der Waals surface area contributed by atoms with Gasteiger partial charge in [-0.25, -0.2) is 4.79 Å². The lowest BCUT2D eigenvalue weighted by atomic mass is 9.94. The van der Waals surface area contributed by atoms with Gasteiger partial charge in [-0.05, 0) is 31.6 Å². The zero-order chi connectivity index (χ0) is 14.1. The smallest absolute Gasteiger partial charge is 0.326 e. The van der Waals surface area contributed by atoms with Gasteiger partial charge in [0.05, 0.1) is 19.0 Å². The zero-order valence-corrected chi connectivity index (χ0v) is 11.5. The van der Waals surface area contributed by atoms with Crippen molar-refractivity contribution in [3.63, 3.8) is 0 Å². The Morgan fingerprint density at radius 1 is 1.50 bits per heavy atom. The van der Waals surface area contributed by atoms with Gasteiger partial charge in [0, 0.05) is 6.54 Å². The van der Waals surface area contributed by atoms with Crippen molar-refractivity contribution in [2.24, 2.45) is 11.8 Å². The Balaban J connectivity index is 1.88. The van der Waals surface area contributed by atoms with Crippen LogP contribution in [0, 0.1) is 11.8 Å². The molecule has 2 fully saturated rings. The van der Waals surface area contributed by atoms with Crippen LogP contribution in [0.3, 0.4) is 0 Å². The van der Waals surface area contributed by atoms with Crippen molar-refractivity contribution in [1.29, 1.82) is 0 Å². The summed E-state index contributed by atoms with van der Waals surface area (Å²) in [6, 6.07) is -0.478. The molecule has 0 spiro atoms. The molecule has 6 nitrogen and oxygen atoms in total. The van der Waals surface area contributed by atoms with E-state index in [-0.39, 0.29) is 5.92 Å². The van der Waals surface area contributed by atoms with E-state index in [1.807, 2.05) is 11.8 Å². The lowest BCUT2D eigenvalue weighted by Gasteiger charge is -2.25.